The zero-order valence-electron chi connectivity index (χ0n) is 24.3. The van der Waals surface area contributed by atoms with Gasteiger partial charge in [-0.2, -0.15) is 0 Å². The number of aryl methyl sites for hydroxylation is 1. The normalized spacial score (nSPS) is 12.9. The minimum absolute atomic E-state index is 0.00903. The van der Waals surface area contributed by atoms with Crippen molar-refractivity contribution in [2.24, 2.45) is 0 Å². The van der Waals surface area contributed by atoms with Crippen LogP contribution in [0, 0.1) is 13.8 Å². The van der Waals surface area contributed by atoms with E-state index in [0.29, 0.717) is 39.0 Å². The van der Waals surface area contributed by atoms with E-state index in [4.69, 9.17) is 34.8 Å². The predicted molar refractivity (Wildman–Crippen MR) is 171 cm³/mol. The average Bonchev–Trinajstić information content (AvgIpc) is 2.95. The molecule has 1 N–H and O–H groups in total. The van der Waals surface area contributed by atoms with Crippen LogP contribution in [0.2, 0.25) is 15.1 Å². The summed E-state index contributed by atoms with van der Waals surface area (Å²) in [7, 11) is -4.21. The Morgan fingerprint density at radius 3 is 2.14 bits per heavy atom. The first-order valence-electron chi connectivity index (χ1n) is 13.7. The van der Waals surface area contributed by atoms with Crippen LogP contribution in [0.15, 0.2) is 65.6 Å². The Morgan fingerprint density at radius 1 is 0.881 bits per heavy atom. The largest absolute Gasteiger partial charge is 0.352 e. The van der Waals surface area contributed by atoms with Crippen LogP contribution in [-0.2, 0) is 26.2 Å². The molecular weight excluding hydrogens is 617 g/mol. The number of hydrogen-bond acceptors (Lipinski definition) is 4. The van der Waals surface area contributed by atoms with Crippen molar-refractivity contribution in [3.8, 4) is 0 Å². The predicted octanol–water partition coefficient (Wildman–Crippen LogP) is 7.18. The van der Waals surface area contributed by atoms with Crippen LogP contribution < -0.4 is 9.62 Å². The minimum Gasteiger partial charge on any atom is -0.352 e. The van der Waals surface area contributed by atoms with Crippen molar-refractivity contribution in [1.29, 1.82) is 0 Å². The molecule has 0 bridgehead atoms. The zero-order valence-corrected chi connectivity index (χ0v) is 27.4. The lowest BCUT2D eigenvalue weighted by atomic mass is 10.1. The van der Waals surface area contributed by atoms with Crippen molar-refractivity contribution in [3.63, 3.8) is 0 Å². The molecule has 0 aliphatic carbocycles. The third kappa shape index (κ3) is 7.98. The van der Waals surface area contributed by atoms with Crippen molar-refractivity contribution < 1.29 is 18.0 Å². The molecule has 0 aliphatic heterocycles. The summed E-state index contributed by atoms with van der Waals surface area (Å²) in [5.41, 5.74) is 2.30. The smallest absolute Gasteiger partial charge is 0.264 e. The number of halogens is 3. The molecule has 0 aromatic heterocycles. The Morgan fingerprint density at radius 2 is 1.55 bits per heavy atom. The first-order chi connectivity index (χ1) is 19.8. The van der Waals surface area contributed by atoms with Crippen LogP contribution in [0.3, 0.4) is 0 Å². The number of benzene rings is 3. The van der Waals surface area contributed by atoms with Crippen LogP contribution in [0.1, 0.15) is 50.3 Å². The highest BCUT2D eigenvalue weighted by Gasteiger charge is 2.34. The Kier molecular flexibility index (Phi) is 11.7. The highest BCUT2D eigenvalue weighted by atomic mass is 35.5. The van der Waals surface area contributed by atoms with E-state index in [1.54, 1.807) is 62.4 Å². The molecule has 42 heavy (non-hydrogen) atoms. The van der Waals surface area contributed by atoms with Crippen LogP contribution in [0.25, 0.3) is 0 Å². The van der Waals surface area contributed by atoms with Gasteiger partial charge in [0.25, 0.3) is 10.0 Å². The van der Waals surface area contributed by atoms with Gasteiger partial charge in [-0.05, 0) is 81.1 Å². The molecule has 3 rings (SSSR count). The van der Waals surface area contributed by atoms with Gasteiger partial charge in [0.1, 0.15) is 12.6 Å². The van der Waals surface area contributed by atoms with Gasteiger partial charge in [-0.3, -0.25) is 13.9 Å². The van der Waals surface area contributed by atoms with E-state index in [1.807, 2.05) is 20.8 Å². The molecule has 0 fully saturated rings. The average molecular weight is 653 g/mol. The van der Waals surface area contributed by atoms with Gasteiger partial charge >= 0.3 is 0 Å². The van der Waals surface area contributed by atoms with Crippen molar-refractivity contribution in [2.75, 3.05) is 10.8 Å². The van der Waals surface area contributed by atoms with Crippen LogP contribution in [0.4, 0.5) is 5.69 Å². The van der Waals surface area contributed by atoms with Crippen molar-refractivity contribution in [2.45, 2.75) is 71.0 Å². The number of carbonyl (C=O) groups excluding carboxylic acids is 2. The molecular formula is C31H36Cl3N3O4S. The summed E-state index contributed by atoms with van der Waals surface area (Å²) in [5.74, 6) is -0.894. The molecule has 3 aromatic carbocycles. The van der Waals surface area contributed by atoms with Crippen LogP contribution >= 0.6 is 34.8 Å². The molecule has 0 aliphatic rings. The van der Waals surface area contributed by atoms with E-state index in [0.717, 1.165) is 9.87 Å². The molecule has 11 heteroatoms. The summed E-state index contributed by atoms with van der Waals surface area (Å²) >= 11 is 18.8. The second kappa shape index (κ2) is 14.6. The van der Waals surface area contributed by atoms with Gasteiger partial charge in [-0.25, -0.2) is 8.42 Å². The Labute approximate surface area is 263 Å². The van der Waals surface area contributed by atoms with E-state index >= 15 is 0 Å². The monoisotopic (exact) mass is 651 g/mol. The quantitative estimate of drug-likeness (QED) is 0.225. The van der Waals surface area contributed by atoms with Gasteiger partial charge in [0.15, 0.2) is 0 Å². The van der Waals surface area contributed by atoms with Gasteiger partial charge in [0.05, 0.1) is 20.6 Å². The standard InChI is InChI=1S/C31H36Cl3N3O4S/c1-6-21(4)35-31(39)28(7-2)36(18-23-13-16-26(33)27(34)17-23)30(38)19-37(29-10-8-9-25(32)22(29)5)42(40,41)24-14-11-20(3)12-15-24/h8-17,21,28H,6-7,18-19H2,1-5H3,(H,35,39)/t21-,28+/m0/s1. The maximum absolute atomic E-state index is 14.2. The third-order valence-corrected chi connectivity index (χ3v) is 10.0. The maximum atomic E-state index is 14.2. The highest BCUT2D eigenvalue weighted by molar-refractivity contribution is 7.92. The Hall–Kier alpha value is -2.78. The fourth-order valence-electron chi connectivity index (χ4n) is 4.41. The van der Waals surface area contributed by atoms with E-state index < -0.39 is 28.5 Å². The second-order valence-corrected chi connectivity index (χ2v) is 13.3. The lowest BCUT2D eigenvalue weighted by molar-refractivity contribution is -0.140. The number of carbonyl (C=O) groups is 2. The van der Waals surface area contributed by atoms with Gasteiger partial charge in [-0.1, -0.05) is 78.5 Å². The molecule has 0 heterocycles. The Bertz CT molecular complexity index is 1530. The maximum Gasteiger partial charge on any atom is 0.264 e. The van der Waals surface area contributed by atoms with Crippen molar-refractivity contribution in [3.05, 3.63) is 92.4 Å². The summed E-state index contributed by atoms with van der Waals surface area (Å²) < 4.78 is 29.2. The van der Waals surface area contributed by atoms with E-state index in [9.17, 15) is 18.0 Å². The first-order valence-corrected chi connectivity index (χ1v) is 16.3. The second-order valence-electron chi connectivity index (χ2n) is 10.2. The topological polar surface area (TPSA) is 86.8 Å². The zero-order chi connectivity index (χ0) is 31.2. The number of nitrogens with zero attached hydrogens (tertiary/aromatic N) is 2. The van der Waals surface area contributed by atoms with E-state index in [1.165, 1.54) is 17.0 Å². The van der Waals surface area contributed by atoms with Gasteiger partial charge in [0, 0.05) is 17.6 Å². The first kappa shape index (κ1) is 33.7. The highest BCUT2D eigenvalue weighted by Crippen LogP contribution is 2.32. The summed E-state index contributed by atoms with van der Waals surface area (Å²) in [5, 5.41) is 3.97. The molecule has 0 spiro atoms. The summed E-state index contributed by atoms with van der Waals surface area (Å²) in [6.07, 6.45) is 1.01. The fourth-order valence-corrected chi connectivity index (χ4v) is 6.37. The van der Waals surface area contributed by atoms with Crippen LogP contribution in [0.5, 0.6) is 0 Å². The molecule has 3 aromatic rings. The third-order valence-electron chi connectivity index (χ3n) is 7.12. The number of amides is 2. The van der Waals surface area contributed by atoms with Crippen LogP contribution in [-0.4, -0.2) is 43.8 Å². The lowest BCUT2D eigenvalue weighted by Gasteiger charge is -2.34. The van der Waals surface area contributed by atoms with Crippen molar-refractivity contribution in [1.82, 2.24) is 10.2 Å². The Balaban J connectivity index is 2.12. The van der Waals surface area contributed by atoms with E-state index in [-0.39, 0.29) is 29.1 Å². The lowest BCUT2D eigenvalue weighted by Crippen LogP contribution is -2.53. The summed E-state index contributed by atoms with van der Waals surface area (Å²) in [6, 6.07) is 15.3. The fraction of sp³-hybridized carbons (Fsp3) is 0.355. The molecule has 226 valence electrons. The van der Waals surface area contributed by atoms with Gasteiger partial charge in [0.2, 0.25) is 11.8 Å². The van der Waals surface area contributed by atoms with Gasteiger partial charge in [-0.15, -0.1) is 0 Å². The molecule has 0 radical (unpaired) electrons. The van der Waals surface area contributed by atoms with Crippen molar-refractivity contribution >= 4 is 62.3 Å². The molecule has 2 atom stereocenters. The summed E-state index contributed by atoms with van der Waals surface area (Å²) in [4.78, 5) is 29.0. The SMILES string of the molecule is CC[C@H](C(=O)N[C@@H](C)CC)N(Cc1ccc(Cl)c(Cl)c1)C(=O)CN(c1cccc(Cl)c1C)S(=O)(=O)c1ccc(C)cc1. The number of rotatable bonds is 12. The number of anilines is 1. The number of sulfonamides is 1. The van der Waals surface area contributed by atoms with Gasteiger partial charge < -0.3 is 10.2 Å². The number of hydrogen-bond donors (Lipinski definition) is 1. The molecule has 0 saturated carbocycles. The number of nitrogens with one attached hydrogen (secondary N) is 1. The van der Waals surface area contributed by atoms with E-state index in [2.05, 4.69) is 5.32 Å². The molecule has 0 unspecified atom stereocenters. The molecule has 7 nitrogen and oxygen atoms in total. The molecule has 0 saturated heterocycles. The summed E-state index contributed by atoms with van der Waals surface area (Å²) in [6.45, 7) is 8.63. The molecule has 2 amide bonds. The minimum atomic E-state index is -4.21.